The monoisotopic (exact) mass is 380 g/mol. The molecule has 2 aliphatic carbocycles. The van der Waals surface area contributed by atoms with Gasteiger partial charge < -0.3 is 9.16 Å². The van der Waals surface area contributed by atoms with Crippen molar-refractivity contribution < 1.29 is 9.16 Å². The van der Waals surface area contributed by atoms with Gasteiger partial charge in [0, 0.05) is 18.4 Å². The van der Waals surface area contributed by atoms with Crippen molar-refractivity contribution in [2.75, 3.05) is 7.11 Å². The van der Waals surface area contributed by atoms with Crippen LogP contribution in [0.1, 0.15) is 87.0 Å². The van der Waals surface area contributed by atoms with Crippen LogP contribution in [0.4, 0.5) is 0 Å². The van der Waals surface area contributed by atoms with Gasteiger partial charge in [-0.2, -0.15) is 0 Å². The first-order valence-electron chi connectivity index (χ1n) is 11.0. The molecule has 0 amide bonds. The average molecular weight is 381 g/mol. The number of ether oxygens (including phenoxy) is 1. The van der Waals surface area contributed by atoms with E-state index in [-0.39, 0.29) is 5.41 Å². The predicted molar refractivity (Wildman–Crippen MR) is 115 cm³/mol. The fourth-order valence-corrected chi connectivity index (χ4v) is 12.3. The molecule has 2 saturated carbocycles. The minimum Gasteiger partial charge on any atom is -0.412 e. The Labute approximate surface area is 164 Å². The summed E-state index contributed by atoms with van der Waals surface area (Å²) in [6.45, 7) is 21.0. The Balaban J connectivity index is 2.50. The summed E-state index contributed by atoms with van der Waals surface area (Å²) >= 11 is 0. The molecule has 2 rings (SSSR count). The van der Waals surface area contributed by atoms with E-state index in [2.05, 4.69) is 55.0 Å². The smallest absolute Gasteiger partial charge is 0.200 e. The first-order chi connectivity index (χ1) is 12.1. The Kier molecular flexibility index (Phi) is 7.24. The molecule has 0 N–H and O–H groups in total. The van der Waals surface area contributed by atoms with Crippen molar-refractivity contribution in [3.8, 4) is 0 Å². The van der Waals surface area contributed by atoms with E-state index in [0.29, 0.717) is 34.7 Å². The molecule has 0 heterocycles. The third kappa shape index (κ3) is 3.60. The van der Waals surface area contributed by atoms with Gasteiger partial charge in [-0.3, -0.25) is 0 Å². The van der Waals surface area contributed by atoms with Crippen LogP contribution in [0.5, 0.6) is 0 Å². The first-order valence-corrected chi connectivity index (χ1v) is 13.1. The SMILES string of the molecule is C=C(C)[C@@H]1C[C@H](OC)C2(CCCCC2)[C@H]1O[Si](C(C)C)(C(C)C)C(C)C. The third-order valence-electron chi connectivity index (χ3n) is 7.78. The highest BCUT2D eigenvalue weighted by molar-refractivity contribution is 6.77. The summed E-state index contributed by atoms with van der Waals surface area (Å²) in [4.78, 5) is 0. The summed E-state index contributed by atoms with van der Waals surface area (Å²) in [5, 5.41) is 0. The van der Waals surface area contributed by atoms with Crippen LogP contribution in [0.15, 0.2) is 12.2 Å². The molecule has 1 spiro atoms. The van der Waals surface area contributed by atoms with E-state index in [1.807, 2.05) is 7.11 Å². The lowest BCUT2D eigenvalue weighted by atomic mass is 9.69. The quantitative estimate of drug-likeness (QED) is 0.346. The summed E-state index contributed by atoms with van der Waals surface area (Å²) in [7, 11) is -0.0157. The van der Waals surface area contributed by atoms with Gasteiger partial charge in [0.15, 0.2) is 0 Å². The van der Waals surface area contributed by atoms with Gasteiger partial charge in [-0.1, -0.05) is 73.0 Å². The van der Waals surface area contributed by atoms with Crippen LogP contribution < -0.4 is 0 Å². The normalized spacial score (nSPS) is 29.3. The zero-order valence-electron chi connectivity index (χ0n) is 18.7. The predicted octanol–water partition coefficient (Wildman–Crippen LogP) is 7.11. The Bertz CT molecular complexity index is 455. The molecule has 3 atom stereocenters. The molecule has 0 unspecified atom stereocenters. The minimum atomic E-state index is -1.93. The molecule has 2 fully saturated rings. The molecule has 0 aromatic carbocycles. The van der Waals surface area contributed by atoms with E-state index >= 15 is 0 Å². The molecule has 2 aliphatic rings. The molecular weight excluding hydrogens is 336 g/mol. The molecule has 26 heavy (non-hydrogen) atoms. The van der Waals surface area contributed by atoms with Gasteiger partial charge in [0.05, 0.1) is 12.2 Å². The summed E-state index contributed by atoms with van der Waals surface area (Å²) in [6, 6.07) is 0. The maximum Gasteiger partial charge on any atom is 0.200 e. The van der Waals surface area contributed by atoms with Crippen molar-refractivity contribution in [3.05, 3.63) is 12.2 Å². The average Bonchev–Trinajstić information content (AvgIpc) is 2.85. The van der Waals surface area contributed by atoms with Crippen molar-refractivity contribution in [1.82, 2.24) is 0 Å². The molecule has 0 radical (unpaired) electrons. The summed E-state index contributed by atoms with van der Waals surface area (Å²) < 4.78 is 13.6. The molecule has 2 nitrogen and oxygen atoms in total. The molecular formula is C23H44O2Si. The van der Waals surface area contributed by atoms with Crippen LogP contribution in [0.25, 0.3) is 0 Å². The summed E-state index contributed by atoms with van der Waals surface area (Å²) in [6.07, 6.45) is 8.25. The molecule has 0 saturated heterocycles. The minimum absolute atomic E-state index is 0.202. The summed E-state index contributed by atoms with van der Waals surface area (Å²) in [5.74, 6) is 0.446. The number of methoxy groups -OCH3 is 1. The van der Waals surface area contributed by atoms with Crippen LogP contribution >= 0.6 is 0 Å². The van der Waals surface area contributed by atoms with Crippen molar-refractivity contribution in [2.24, 2.45) is 11.3 Å². The fraction of sp³-hybridized carbons (Fsp3) is 0.913. The Morgan fingerprint density at radius 2 is 1.46 bits per heavy atom. The number of hydrogen-bond acceptors (Lipinski definition) is 2. The van der Waals surface area contributed by atoms with Crippen LogP contribution in [-0.4, -0.2) is 27.6 Å². The molecule has 0 aromatic rings. The van der Waals surface area contributed by atoms with Gasteiger partial charge in [-0.15, -0.1) is 0 Å². The van der Waals surface area contributed by atoms with Gasteiger partial charge in [0.2, 0.25) is 8.32 Å². The van der Waals surface area contributed by atoms with Crippen molar-refractivity contribution in [2.45, 2.75) is 116 Å². The topological polar surface area (TPSA) is 18.5 Å². The van der Waals surface area contributed by atoms with E-state index in [1.54, 1.807) is 0 Å². The van der Waals surface area contributed by atoms with E-state index in [0.717, 1.165) is 6.42 Å². The standard InChI is InChI=1S/C23H44O2Si/c1-16(2)20-15-21(24-9)23(13-11-10-12-14-23)22(20)25-26(17(3)4,18(5)6)19(7)8/h17-22H,1,10-15H2,2-9H3/t20-,21-,22-/m0/s1. The van der Waals surface area contributed by atoms with E-state index in [4.69, 9.17) is 9.16 Å². The highest BCUT2D eigenvalue weighted by atomic mass is 28.4. The second kappa shape index (κ2) is 8.49. The van der Waals surface area contributed by atoms with Crippen molar-refractivity contribution >= 4 is 8.32 Å². The second-order valence-electron chi connectivity index (χ2n) is 10.1. The van der Waals surface area contributed by atoms with Crippen LogP contribution in [0.2, 0.25) is 16.6 Å². The highest BCUT2D eigenvalue weighted by Crippen LogP contribution is 2.58. The second-order valence-corrected chi connectivity index (χ2v) is 15.5. The Morgan fingerprint density at radius 1 is 0.962 bits per heavy atom. The van der Waals surface area contributed by atoms with Gasteiger partial charge in [-0.05, 0) is 42.8 Å². The highest BCUT2D eigenvalue weighted by Gasteiger charge is 2.59. The van der Waals surface area contributed by atoms with Crippen molar-refractivity contribution in [1.29, 1.82) is 0 Å². The van der Waals surface area contributed by atoms with Gasteiger partial charge >= 0.3 is 0 Å². The van der Waals surface area contributed by atoms with Gasteiger partial charge in [-0.25, -0.2) is 0 Å². The maximum atomic E-state index is 7.48. The van der Waals surface area contributed by atoms with Crippen LogP contribution in [0, 0.1) is 11.3 Å². The third-order valence-corrected chi connectivity index (χ3v) is 13.9. The molecule has 3 heteroatoms. The Hall–Kier alpha value is -0.123. The zero-order chi connectivity index (χ0) is 19.7. The van der Waals surface area contributed by atoms with Crippen LogP contribution in [0.3, 0.4) is 0 Å². The lowest BCUT2D eigenvalue weighted by Gasteiger charge is -2.51. The Morgan fingerprint density at radius 3 is 1.85 bits per heavy atom. The lowest BCUT2D eigenvalue weighted by Crippen LogP contribution is -2.55. The molecule has 0 bridgehead atoms. The molecule has 0 aromatic heterocycles. The zero-order valence-corrected chi connectivity index (χ0v) is 19.7. The maximum absolute atomic E-state index is 7.48. The first kappa shape index (κ1) is 22.2. The largest absolute Gasteiger partial charge is 0.412 e. The number of hydrogen-bond donors (Lipinski definition) is 0. The van der Waals surface area contributed by atoms with E-state index in [1.165, 1.54) is 37.7 Å². The van der Waals surface area contributed by atoms with Gasteiger partial charge in [0.1, 0.15) is 0 Å². The van der Waals surface area contributed by atoms with Crippen LogP contribution in [-0.2, 0) is 9.16 Å². The molecule has 0 aliphatic heterocycles. The van der Waals surface area contributed by atoms with Crippen molar-refractivity contribution in [3.63, 3.8) is 0 Å². The molecule has 152 valence electrons. The fourth-order valence-electron chi connectivity index (χ4n) is 6.61. The summed E-state index contributed by atoms with van der Waals surface area (Å²) in [5.41, 5.74) is 3.35. The van der Waals surface area contributed by atoms with Gasteiger partial charge in [0.25, 0.3) is 0 Å². The van der Waals surface area contributed by atoms with E-state index in [9.17, 15) is 0 Å². The lowest BCUT2D eigenvalue weighted by molar-refractivity contribution is -0.0662. The number of rotatable bonds is 7. The van der Waals surface area contributed by atoms with E-state index < -0.39 is 8.32 Å².